The van der Waals surface area contributed by atoms with Gasteiger partial charge < -0.3 is 9.80 Å². The van der Waals surface area contributed by atoms with Crippen molar-refractivity contribution in [3.05, 3.63) is 18.5 Å². The summed E-state index contributed by atoms with van der Waals surface area (Å²) in [5.41, 5.74) is 0. The van der Waals surface area contributed by atoms with Crippen LogP contribution in [-0.4, -0.2) is 71.0 Å². The molecule has 3 fully saturated rings. The average molecular weight is 343 g/mol. The molecule has 0 bridgehead atoms. The Labute approximate surface area is 150 Å². The number of fused-ring (bicyclic) bond motifs is 1. The first-order valence-electron chi connectivity index (χ1n) is 9.85. The molecule has 0 unspecified atom stereocenters. The fourth-order valence-corrected chi connectivity index (χ4v) is 4.78. The molecule has 3 aliphatic rings. The van der Waals surface area contributed by atoms with E-state index >= 15 is 0 Å². The summed E-state index contributed by atoms with van der Waals surface area (Å²) >= 11 is 0. The molecule has 6 nitrogen and oxygen atoms in total. The number of likely N-dealkylation sites (tertiary alicyclic amines) is 1. The topological polar surface area (TPSA) is 52.6 Å². The Morgan fingerprint density at radius 1 is 0.960 bits per heavy atom. The van der Waals surface area contributed by atoms with Crippen molar-refractivity contribution in [2.24, 2.45) is 5.92 Å². The van der Waals surface area contributed by atoms with Crippen LogP contribution in [0.3, 0.4) is 0 Å². The number of carbonyl (C=O) groups excluding carboxylic acids is 1. The molecular formula is C19H29N5O. The Balaban J connectivity index is 1.30. The highest BCUT2D eigenvalue weighted by Gasteiger charge is 2.36. The lowest BCUT2D eigenvalue weighted by Gasteiger charge is -2.45. The van der Waals surface area contributed by atoms with Crippen molar-refractivity contribution < 1.29 is 4.79 Å². The van der Waals surface area contributed by atoms with Crippen molar-refractivity contribution in [1.29, 1.82) is 0 Å². The van der Waals surface area contributed by atoms with E-state index in [4.69, 9.17) is 0 Å². The molecule has 0 N–H and O–H groups in total. The summed E-state index contributed by atoms with van der Waals surface area (Å²) in [6, 6.07) is 2.37. The van der Waals surface area contributed by atoms with E-state index in [1.807, 2.05) is 6.07 Å². The summed E-state index contributed by atoms with van der Waals surface area (Å²) in [6.07, 6.45) is 11.3. The van der Waals surface area contributed by atoms with Gasteiger partial charge in [-0.25, -0.2) is 9.97 Å². The molecule has 0 aromatic carbocycles. The van der Waals surface area contributed by atoms with E-state index in [1.165, 1.54) is 38.5 Å². The summed E-state index contributed by atoms with van der Waals surface area (Å²) in [7, 11) is 0. The van der Waals surface area contributed by atoms with Gasteiger partial charge in [-0.1, -0.05) is 12.8 Å². The quantitative estimate of drug-likeness (QED) is 0.837. The Morgan fingerprint density at radius 3 is 2.48 bits per heavy atom. The van der Waals surface area contributed by atoms with E-state index in [2.05, 4.69) is 24.7 Å². The lowest BCUT2D eigenvalue weighted by molar-refractivity contribution is -0.138. The van der Waals surface area contributed by atoms with Crippen LogP contribution in [0.4, 0.5) is 5.95 Å². The third-order valence-electron chi connectivity index (χ3n) is 6.13. The summed E-state index contributed by atoms with van der Waals surface area (Å²) in [6.45, 7) is 5.15. The van der Waals surface area contributed by atoms with E-state index in [0.717, 1.165) is 44.6 Å². The summed E-state index contributed by atoms with van der Waals surface area (Å²) < 4.78 is 0. The first-order chi connectivity index (χ1) is 12.3. The maximum atomic E-state index is 12.9. The Bertz CT molecular complexity index is 570. The van der Waals surface area contributed by atoms with Crippen molar-refractivity contribution in [2.75, 3.05) is 44.2 Å². The molecule has 6 heteroatoms. The number of hydrogen-bond acceptors (Lipinski definition) is 5. The van der Waals surface area contributed by atoms with Gasteiger partial charge in [0.1, 0.15) is 0 Å². The Hall–Kier alpha value is -1.69. The third-order valence-corrected chi connectivity index (χ3v) is 6.13. The number of carbonyl (C=O) groups is 1. The van der Waals surface area contributed by atoms with Crippen molar-refractivity contribution >= 4 is 11.9 Å². The highest BCUT2D eigenvalue weighted by atomic mass is 16.2. The van der Waals surface area contributed by atoms with Crippen LogP contribution in [0.1, 0.15) is 38.5 Å². The number of piperazine rings is 1. The smallest absolute Gasteiger partial charge is 0.237 e. The number of piperidine rings is 1. The van der Waals surface area contributed by atoms with Crippen LogP contribution >= 0.6 is 0 Å². The lowest BCUT2D eigenvalue weighted by Crippen LogP contribution is -2.55. The van der Waals surface area contributed by atoms with E-state index in [9.17, 15) is 4.79 Å². The maximum absolute atomic E-state index is 12.9. The maximum Gasteiger partial charge on any atom is 0.237 e. The number of anilines is 1. The van der Waals surface area contributed by atoms with Crippen LogP contribution in [0.25, 0.3) is 0 Å². The van der Waals surface area contributed by atoms with Crippen LogP contribution in [0.2, 0.25) is 0 Å². The van der Waals surface area contributed by atoms with Crippen molar-refractivity contribution in [3.63, 3.8) is 0 Å². The van der Waals surface area contributed by atoms with Crippen molar-refractivity contribution in [2.45, 2.75) is 44.6 Å². The minimum Gasteiger partial charge on any atom is -0.338 e. The fourth-order valence-electron chi connectivity index (χ4n) is 4.78. The van der Waals surface area contributed by atoms with Gasteiger partial charge in [0.2, 0.25) is 11.9 Å². The molecule has 1 aliphatic carbocycles. The predicted octanol–water partition coefficient (Wildman–Crippen LogP) is 1.78. The van der Waals surface area contributed by atoms with Crippen LogP contribution in [-0.2, 0) is 4.79 Å². The van der Waals surface area contributed by atoms with Gasteiger partial charge in [-0.05, 0) is 37.7 Å². The van der Waals surface area contributed by atoms with E-state index in [-0.39, 0.29) is 0 Å². The van der Waals surface area contributed by atoms with Gasteiger partial charge in [-0.3, -0.25) is 9.69 Å². The van der Waals surface area contributed by atoms with Crippen LogP contribution in [0, 0.1) is 5.92 Å². The van der Waals surface area contributed by atoms with Crippen molar-refractivity contribution in [3.8, 4) is 0 Å². The van der Waals surface area contributed by atoms with E-state index < -0.39 is 0 Å². The first kappa shape index (κ1) is 16.8. The van der Waals surface area contributed by atoms with Gasteiger partial charge in [0.15, 0.2) is 0 Å². The number of rotatable bonds is 3. The van der Waals surface area contributed by atoms with E-state index in [1.54, 1.807) is 12.4 Å². The Morgan fingerprint density at radius 2 is 1.68 bits per heavy atom. The molecule has 1 aromatic heterocycles. The van der Waals surface area contributed by atoms with Crippen LogP contribution in [0.5, 0.6) is 0 Å². The van der Waals surface area contributed by atoms with Crippen LogP contribution < -0.4 is 4.90 Å². The molecule has 3 heterocycles. The monoisotopic (exact) mass is 343 g/mol. The molecule has 25 heavy (non-hydrogen) atoms. The highest BCUT2D eigenvalue weighted by molar-refractivity contribution is 5.78. The second-order valence-corrected chi connectivity index (χ2v) is 7.65. The minimum atomic E-state index is 0.348. The van der Waals surface area contributed by atoms with E-state index in [0.29, 0.717) is 18.5 Å². The molecule has 2 saturated heterocycles. The Kier molecular flexibility index (Phi) is 5.15. The highest BCUT2D eigenvalue weighted by Crippen LogP contribution is 2.35. The molecule has 4 rings (SSSR count). The summed E-state index contributed by atoms with van der Waals surface area (Å²) in [5.74, 6) is 1.91. The zero-order chi connectivity index (χ0) is 17.1. The number of nitrogens with zero attached hydrogens (tertiary/aromatic N) is 5. The number of hydrogen-bond donors (Lipinski definition) is 0. The molecule has 1 amide bonds. The normalized spacial score (nSPS) is 27.8. The molecule has 1 aromatic rings. The van der Waals surface area contributed by atoms with Gasteiger partial charge in [0.05, 0.1) is 6.54 Å². The molecule has 1 saturated carbocycles. The van der Waals surface area contributed by atoms with Gasteiger partial charge >= 0.3 is 0 Å². The summed E-state index contributed by atoms with van der Waals surface area (Å²) in [5, 5.41) is 0. The SMILES string of the molecule is O=C(CN1CCN(c2ncccn2)CC1)N1CCC[C@@H]2CCCC[C@H]21. The first-order valence-corrected chi connectivity index (χ1v) is 9.85. The second kappa shape index (κ2) is 7.68. The number of amides is 1. The predicted molar refractivity (Wildman–Crippen MR) is 97.4 cm³/mol. The van der Waals surface area contributed by atoms with Gasteiger partial charge in [-0.15, -0.1) is 0 Å². The molecule has 0 spiro atoms. The largest absolute Gasteiger partial charge is 0.338 e. The van der Waals surface area contributed by atoms with Gasteiger partial charge in [0, 0.05) is 51.2 Å². The second-order valence-electron chi connectivity index (χ2n) is 7.65. The zero-order valence-corrected chi connectivity index (χ0v) is 15.0. The zero-order valence-electron chi connectivity index (χ0n) is 15.0. The third kappa shape index (κ3) is 3.78. The van der Waals surface area contributed by atoms with Gasteiger partial charge in [-0.2, -0.15) is 0 Å². The molecule has 2 aliphatic heterocycles. The molecular weight excluding hydrogens is 314 g/mol. The molecule has 136 valence electrons. The van der Waals surface area contributed by atoms with Crippen molar-refractivity contribution in [1.82, 2.24) is 19.8 Å². The molecule has 2 atom stereocenters. The average Bonchev–Trinajstić information content (AvgIpc) is 2.69. The number of aromatic nitrogens is 2. The van der Waals surface area contributed by atoms with Crippen LogP contribution in [0.15, 0.2) is 18.5 Å². The lowest BCUT2D eigenvalue weighted by atomic mass is 9.78. The van der Waals surface area contributed by atoms with Gasteiger partial charge in [0.25, 0.3) is 0 Å². The minimum absolute atomic E-state index is 0.348. The fraction of sp³-hybridized carbons (Fsp3) is 0.737. The standard InChI is InChI=1S/C19H29N5O/c25-18(24-10-3-6-16-5-1-2-7-17(16)24)15-22-11-13-23(14-12-22)19-20-8-4-9-21-19/h4,8-9,16-17H,1-3,5-7,10-15H2/t16-,17+/m0/s1. The molecule has 0 radical (unpaired) electrons. The summed E-state index contributed by atoms with van der Waals surface area (Å²) in [4.78, 5) is 28.3.